The van der Waals surface area contributed by atoms with Gasteiger partial charge in [0.2, 0.25) is 5.88 Å². The van der Waals surface area contributed by atoms with Crippen LogP contribution in [-0.4, -0.2) is 22.6 Å². The van der Waals surface area contributed by atoms with Crippen LogP contribution in [0.3, 0.4) is 0 Å². The van der Waals surface area contributed by atoms with Crippen LogP contribution >= 0.6 is 0 Å². The fraction of sp³-hybridized carbons (Fsp3) is 0.692. The van der Waals surface area contributed by atoms with Crippen molar-refractivity contribution in [2.45, 2.75) is 45.6 Å². The molecule has 0 bridgehead atoms. The number of nitrogens with zero attached hydrogens (tertiary/aromatic N) is 2. The van der Waals surface area contributed by atoms with E-state index in [-0.39, 0.29) is 0 Å². The summed E-state index contributed by atoms with van der Waals surface area (Å²) in [6.45, 7) is 5.08. The molecule has 0 aliphatic heterocycles. The lowest BCUT2D eigenvalue weighted by atomic mass is 10.1. The zero-order chi connectivity index (χ0) is 12.1. The zero-order valence-electron chi connectivity index (χ0n) is 10.6. The first-order valence-corrected chi connectivity index (χ1v) is 6.51. The molecule has 0 amide bonds. The van der Waals surface area contributed by atoms with Gasteiger partial charge in [-0.15, -0.1) is 0 Å². The molecule has 0 aromatic carbocycles. The van der Waals surface area contributed by atoms with Gasteiger partial charge >= 0.3 is 0 Å². The minimum atomic E-state index is 0.545. The molecule has 2 rings (SSSR count). The number of anilines is 1. The predicted molar refractivity (Wildman–Crippen MR) is 68.2 cm³/mol. The van der Waals surface area contributed by atoms with Crippen molar-refractivity contribution in [3.05, 3.63) is 12.4 Å². The van der Waals surface area contributed by atoms with Crippen molar-refractivity contribution in [2.75, 3.05) is 11.9 Å². The second-order valence-corrected chi connectivity index (χ2v) is 4.75. The van der Waals surface area contributed by atoms with E-state index in [1.165, 1.54) is 19.3 Å². The summed E-state index contributed by atoms with van der Waals surface area (Å²) in [5.41, 5.74) is 0. The summed E-state index contributed by atoms with van der Waals surface area (Å²) in [5.74, 6) is 2.27. The first-order chi connectivity index (χ1) is 8.29. The summed E-state index contributed by atoms with van der Waals surface area (Å²) in [4.78, 5) is 8.34. The number of ether oxygens (including phenoxy) is 1. The van der Waals surface area contributed by atoms with E-state index < -0.39 is 0 Å². The van der Waals surface area contributed by atoms with Gasteiger partial charge in [-0.3, -0.25) is 0 Å². The maximum Gasteiger partial charge on any atom is 0.218 e. The highest BCUT2D eigenvalue weighted by Crippen LogP contribution is 2.27. The Morgan fingerprint density at radius 2 is 2.29 bits per heavy atom. The minimum absolute atomic E-state index is 0.545. The molecule has 2 atom stereocenters. The van der Waals surface area contributed by atoms with Gasteiger partial charge in [-0.2, -0.15) is 0 Å². The average molecular weight is 235 g/mol. The lowest BCUT2D eigenvalue weighted by Gasteiger charge is -2.17. The van der Waals surface area contributed by atoms with Gasteiger partial charge in [0.25, 0.3) is 0 Å². The van der Waals surface area contributed by atoms with Crippen molar-refractivity contribution in [3.8, 4) is 5.88 Å². The molecule has 4 nitrogen and oxygen atoms in total. The molecular formula is C13H21N3O. The van der Waals surface area contributed by atoms with E-state index in [1.54, 1.807) is 6.33 Å². The Bertz CT molecular complexity index is 356. The topological polar surface area (TPSA) is 47.0 Å². The van der Waals surface area contributed by atoms with E-state index in [0.717, 1.165) is 18.2 Å². The summed E-state index contributed by atoms with van der Waals surface area (Å²) in [6, 6.07) is 2.43. The fourth-order valence-corrected chi connectivity index (χ4v) is 2.25. The Morgan fingerprint density at radius 3 is 3.00 bits per heavy atom. The van der Waals surface area contributed by atoms with Crippen molar-refractivity contribution in [1.82, 2.24) is 9.97 Å². The van der Waals surface area contributed by atoms with Crippen molar-refractivity contribution in [2.24, 2.45) is 5.92 Å². The van der Waals surface area contributed by atoms with Gasteiger partial charge in [-0.25, -0.2) is 9.97 Å². The molecule has 1 aromatic rings. The Hall–Kier alpha value is -1.32. The molecule has 1 heterocycles. The van der Waals surface area contributed by atoms with Crippen LogP contribution in [0.2, 0.25) is 0 Å². The molecule has 4 heteroatoms. The summed E-state index contributed by atoms with van der Waals surface area (Å²) in [7, 11) is 0. The molecule has 1 aliphatic rings. The molecule has 1 fully saturated rings. The molecule has 0 radical (unpaired) electrons. The molecule has 0 spiro atoms. The molecule has 2 unspecified atom stereocenters. The summed E-state index contributed by atoms with van der Waals surface area (Å²) in [5, 5.41) is 3.48. The Balaban J connectivity index is 1.95. The van der Waals surface area contributed by atoms with E-state index in [9.17, 15) is 0 Å². The molecule has 1 saturated carbocycles. The lowest BCUT2D eigenvalue weighted by molar-refractivity contribution is 0.305. The standard InChI is InChI=1S/C13H21N3O/c1-3-7-17-13-8-12(14-9-15-13)16-11-6-4-5-10(11)2/h8-11H,3-7H2,1-2H3,(H,14,15,16). The van der Waals surface area contributed by atoms with Crippen LogP contribution in [-0.2, 0) is 0 Å². The normalized spacial score (nSPS) is 23.6. The van der Waals surface area contributed by atoms with Gasteiger partial charge in [0.15, 0.2) is 0 Å². The van der Waals surface area contributed by atoms with E-state index >= 15 is 0 Å². The van der Waals surface area contributed by atoms with Crippen molar-refractivity contribution >= 4 is 5.82 Å². The molecule has 0 saturated heterocycles. The highest BCUT2D eigenvalue weighted by Gasteiger charge is 2.23. The van der Waals surface area contributed by atoms with Crippen LogP contribution in [0.1, 0.15) is 39.5 Å². The molecule has 1 aliphatic carbocycles. The molecular weight excluding hydrogens is 214 g/mol. The van der Waals surface area contributed by atoms with Gasteiger partial charge in [-0.05, 0) is 25.2 Å². The summed E-state index contributed by atoms with van der Waals surface area (Å²) >= 11 is 0. The first kappa shape index (κ1) is 12.1. The Morgan fingerprint density at radius 1 is 1.41 bits per heavy atom. The van der Waals surface area contributed by atoms with Crippen LogP contribution in [0.15, 0.2) is 12.4 Å². The highest BCUT2D eigenvalue weighted by molar-refractivity contribution is 5.38. The lowest BCUT2D eigenvalue weighted by Crippen LogP contribution is -2.22. The third-order valence-electron chi connectivity index (χ3n) is 3.29. The first-order valence-electron chi connectivity index (χ1n) is 6.51. The molecule has 1 N–H and O–H groups in total. The van der Waals surface area contributed by atoms with E-state index in [4.69, 9.17) is 4.74 Å². The van der Waals surface area contributed by atoms with Crippen LogP contribution in [0, 0.1) is 5.92 Å². The second kappa shape index (κ2) is 5.84. The number of nitrogens with one attached hydrogen (secondary N) is 1. The predicted octanol–water partition coefficient (Wildman–Crippen LogP) is 2.87. The monoisotopic (exact) mass is 235 g/mol. The SMILES string of the molecule is CCCOc1cc(NC2CCCC2C)ncn1. The second-order valence-electron chi connectivity index (χ2n) is 4.75. The smallest absolute Gasteiger partial charge is 0.218 e. The van der Waals surface area contributed by atoms with Gasteiger partial charge < -0.3 is 10.1 Å². The fourth-order valence-electron chi connectivity index (χ4n) is 2.25. The third-order valence-corrected chi connectivity index (χ3v) is 3.29. The summed E-state index contributed by atoms with van der Waals surface area (Å²) in [6.07, 6.45) is 6.40. The maximum atomic E-state index is 5.50. The van der Waals surface area contributed by atoms with Crippen LogP contribution in [0.5, 0.6) is 5.88 Å². The van der Waals surface area contributed by atoms with Crippen molar-refractivity contribution in [3.63, 3.8) is 0 Å². The van der Waals surface area contributed by atoms with Crippen molar-refractivity contribution in [1.29, 1.82) is 0 Å². The maximum absolute atomic E-state index is 5.50. The number of aromatic nitrogens is 2. The molecule has 17 heavy (non-hydrogen) atoms. The Labute approximate surface area is 103 Å². The van der Waals surface area contributed by atoms with Gasteiger partial charge in [0, 0.05) is 12.1 Å². The largest absolute Gasteiger partial charge is 0.478 e. The Kier molecular flexibility index (Phi) is 4.18. The number of rotatable bonds is 5. The van der Waals surface area contributed by atoms with E-state index in [1.807, 2.05) is 6.07 Å². The van der Waals surface area contributed by atoms with Crippen molar-refractivity contribution < 1.29 is 4.74 Å². The number of hydrogen-bond donors (Lipinski definition) is 1. The van der Waals surface area contributed by atoms with Crippen LogP contribution < -0.4 is 10.1 Å². The third kappa shape index (κ3) is 3.32. The molecule has 94 valence electrons. The van der Waals surface area contributed by atoms with Gasteiger partial charge in [0.1, 0.15) is 12.1 Å². The number of hydrogen-bond acceptors (Lipinski definition) is 4. The zero-order valence-corrected chi connectivity index (χ0v) is 10.6. The van der Waals surface area contributed by atoms with Gasteiger partial charge in [0.05, 0.1) is 6.61 Å². The summed E-state index contributed by atoms with van der Waals surface area (Å²) < 4.78 is 5.50. The molecule has 1 aromatic heterocycles. The average Bonchev–Trinajstić information content (AvgIpc) is 2.73. The van der Waals surface area contributed by atoms with Crippen LogP contribution in [0.25, 0.3) is 0 Å². The quantitative estimate of drug-likeness (QED) is 0.852. The van der Waals surface area contributed by atoms with E-state index in [2.05, 4.69) is 29.1 Å². The highest BCUT2D eigenvalue weighted by atomic mass is 16.5. The van der Waals surface area contributed by atoms with Gasteiger partial charge in [-0.1, -0.05) is 20.3 Å². The minimum Gasteiger partial charge on any atom is -0.478 e. The van der Waals surface area contributed by atoms with E-state index in [0.29, 0.717) is 18.5 Å². The van der Waals surface area contributed by atoms with Crippen LogP contribution in [0.4, 0.5) is 5.82 Å².